The summed E-state index contributed by atoms with van der Waals surface area (Å²) in [5.74, 6) is -0.884. The molecule has 4 heteroatoms. The van der Waals surface area contributed by atoms with Gasteiger partial charge in [0.15, 0.2) is 0 Å². The van der Waals surface area contributed by atoms with Crippen LogP contribution in [0.2, 0.25) is 0 Å². The fourth-order valence-electron chi connectivity index (χ4n) is 2.19. The monoisotopic (exact) mass is 236 g/mol. The molecular formula is C13H16O4. The summed E-state index contributed by atoms with van der Waals surface area (Å²) in [7, 11) is 0. The summed E-state index contributed by atoms with van der Waals surface area (Å²) in [6.07, 6.45) is -0.0903. The molecule has 0 amide bonds. The maximum Gasteiger partial charge on any atom is 0.312 e. The smallest absolute Gasteiger partial charge is 0.312 e. The number of carbonyl (C=O) groups is 1. The van der Waals surface area contributed by atoms with Crippen molar-refractivity contribution in [3.05, 3.63) is 35.9 Å². The molecule has 1 saturated heterocycles. The molecule has 2 N–H and O–H groups in total. The fraction of sp³-hybridized carbons (Fsp3) is 0.462. The predicted octanol–water partition coefficient (Wildman–Crippen LogP) is 1.60. The maximum absolute atomic E-state index is 11.3. The van der Waals surface area contributed by atoms with E-state index in [-0.39, 0.29) is 13.0 Å². The lowest BCUT2D eigenvalue weighted by Gasteiger charge is -2.25. The molecule has 0 aliphatic carbocycles. The molecule has 1 fully saturated rings. The third-order valence-electron chi connectivity index (χ3n) is 3.33. The number of aliphatic hydroxyl groups excluding tert-OH is 1. The van der Waals surface area contributed by atoms with Crippen LogP contribution in [0.5, 0.6) is 0 Å². The number of ether oxygens (including phenoxy) is 1. The van der Waals surface area contributed by atoms with E-state index in [0.717, 1.165) is 5.56 Å². The fourth-order valence-corrected chi connectivity index (χ4v) is 2.19. The van der Waals surface area contributed by atoms with Crippen LogP contribution in [0.25, 0.3) is 0 Å². The van der Waals surface area contributed by atoms with Crippen molar-refractivity contribution in [3.63, 3.8) is 0 Å². The summed E-state index contributed by atoms with van der Waals surface area (Å²) in [6, 6.07) is 9.13. The average molecular weight is 236 g/mol. The predicted molar refractivity (Wildman–Crippen MR) is 61.5 cm³/mol. The van der Waals surface area contributed by atoms with E-state index in [1.54, 1.807) is 12.1 Å². The molecule has 1 aromatic rings. The van der Waals surface area contributed by atoms with Crippen LogP contribution in [-0.2, 0) is 9.53 Å². The number of hydrogen-bond donors (Lipinski definition) is 2. The van der Waals surface area contributed by atoms with Crippen molar-refractivity contribution in [1.82, 2.24) is 0 Å². The standard InChI is InChI=1S/C13H16O4/c14-11(10-4-2-1-3-5-10)8-13(12(15)16)6-7-17-9-13/h1-5,11,14H,6-9H2,(H,15,16). The van der Waals surface area contributed by atoms with Crippen molar-refractivity contribution in [1.29, 1.82) is 0 Å². The quantitative estimate of drug-likeness (QED) is 0.833. The van der Waals surface area contributed by atoms with Gasteiger partial charge in [-0.3, -0.25) is 4.79 Å². The van der Waals surface area contributed by atoms with Crippen LogP contribution in [0.1, 0.15) is 24.5 Å². The molecule has 1 heterocycles. The zero-order chi connectivity index (χ0) is 12.3. The van der Waals surface area contributed by atoms with Gasteiger partial charge in [-0.25, -0.2) is 0 Å². The molecule has 0 radical (unpaired) electrons. The molecule has 1 aliphatic heterocycles. The van der Waals surface area contributed by atoms with Gasteiger partial charge in [-0.05, 0) is 18.4 Å². The van der Waals surface area contributed by atoms with Gasteiger partial charge in [-0.1, -0.05) is 30.3 Å². The first-order valence-corrected chi connectivity index (χ1v) is 5.68. The molecular weight excluding hydrogens is 220 g/mol. The summed E-state index contributed by atoms with van der Waals surface area (Å²) < 4.78 is 5.17. The lowest BCUT2D eigenvalue weighted by atomic mass is 9.80. The van der Waals surface area contributed by atoms with E-state index in [9.17, 15) is 15.0 Å². The van der Waals surface area contributed by atoms with Crippen LogP contribution < -0.4 is 0 Å². The minimum Gasteiger partial charge on any atom is -0.481 e. The van der Waals surface area contributed by atoms with Gasteiger partial charge in [-0.2, -0.15) is 0 Å². The molecule has 0 spiro atoms. The second-order valence-corrected chi connectivity index (χ2v) is 4.52. The first-order chi connectivity index (χ1) is 8.14. The third kappa shape index (κ3) is 2.48. The molecule has 2 unspecified atom stereocenters. The molecule has 0 saturated carbocycles. The van der Waals surface area contributed by atoms with E-state index in [4.69, 9.17) is 4.74 Å². The number of aliphatic carboxylic acids is 1. The topological polar surface area (TPSA) is 66.8 Å². The zero-order valence-corrected chi connectivity index (χ0v) is 9.50. The van der Waals surface area contributed by atoms with E-state index in [0.29, 0.717) is 13.0 Å². The highest BCUT2D eigenvalue weighted by Gasteiger charge is 2.44. The van der Waals surface area contributed by atoms with Crippen molar-refractivity contribution in [3.8, 4) is 0 Å². The van der Waals surface area contributed by atoms with Gasteiger partial charge in [0.05, 0.1) is 18.1 Å². The van der Waals surface area contributed by atoms with Gasteiger partial charge in [0.1, 0.15) is 0 Å². The Labute approximate surface area is 99.8 Å². The molecule has 17 heavy (non-hydrogen) atoms. The van der Waals surface area contributed by atoms with Crippen LogP contribution in [0.3, 0.4) is 0 Å². The molecule has 4 nitrogen and oxygen atoms in total. The van der Waals surface area contributed by atoms with Gasteiger partial charge in [0.25, 0.3) is 0 Å². The number of aliphatic hydroxyl groups is 1. The molecule has 1 aromatic carbocycles. The van der Waals surface area contributed by atoms with Crippen LogP contribution in [0, 0.1) is 5.41 Å². The molecule has 0 aromatic heterocycles. The Morgan fingerprint density at radius 3 is 2.65 bits per heavy atom. The molecule has 2 atom stereocenters. The first kappa shape index (κ1) is 12.1. The Balaban J connectivity index is 2.11. The number of carboxylic acid groups (broad SMARTS) is 1. The third-order valence-corrected chi connectivity index (χ3v) is 3.33. The van der Waals surface area contributed by atoms with Gasteiger partial charge >= 0.3 is 5.97 Å². The van der Waals surface area contributed by atoms with Gasteiger partial charge in [0, 0.05) is 6.61 Å². The largest absolute Gasteiger partial charge is 0.481 e. The summed E-state index contributed by atoms with van der Waals surface area (Å²) >= 11 is 0. The van der Waals surface area contributed by atoms with E-state index in [1.807, 2.05) is 18.2 Å². The van der Waals surface area contributed by atoms with Crippen molar-refractivity contribution < 1.29 is 19.7 Å². The van der Waals surface area contributed by atoms with E-state index in [1.165, 1.54) is 0 Å². The number of benzene rings is 1. The summed E-state index contributed by atoms with van der Waals surface area (Å²) in [6.45, 7) is 0.639. The van der Waals surface area contributed by atoms with Crippen LogP contribution in [-0.4, -0.2) is 29.4 Å². The minimum atomic E-state index is -0.935. The van der Waals surface area contributed by atoms with E-state index < -0.39 is 17.5 Å². The van der Waals surface area contributed by atoms with Crippen molar-refractivity contribution >= 4 is 5.97 Å². The minimum absolute atomic E-state index is 0.187. The van der Waals surface area contributed by atoms with Crippen LogP contribution in [0.15, 0.2) is 30.3 Å². The Hall–Kier alpha value is -1.39. The second-order valence-electron chi connectivity index (χ2n) is 4.52. The Morgan fingerprint density at radius 1 is 1.41 bits per heavy atom. The van der Waals surface area contributed by atoms with Crippen molar-refractivity contribution in [2.24, 2.45) is 5.41 Å². The summed E-state index contributed by atoms with van der Waals surface area (Å²) in [5.41, 5.74) is -0.185. The van der Waals surface area contributed by atoms with E-state index in [2.05, 4.69) is 0 Å². The summed E-state index contributed by atoms with van der Waals surface area (Å²) in [4.78, 5) is 11.3. The van der Waals surface area contributed by atoms with Crippen LogP contribution in [0.4, 0.5) is 0 Å². The Bertz CT molecular complexity index is 382. The summed E-state index contributed by atoms with van der Waals surface area (Å²) in [5, 5.41) is 19.3. The average Bonchev–Trinajstić information content (AvgIpc) is 2.80. The highest BCUT2D eigenvalue weighted by Crippen LogP contribution is 2.38. The second kappa shape index (κ2) is 4.85. The lowest BCUT2D eigenvalue weighted by molar-refractivity contribution is -0.151. The Kier molecular flexibility index (Phi) is 3.45. The Morgan fingerprint density at radius 2 is 2.12 bits per heavy atom. The number of carboxylic acids is 1. The normalized spacial score (nSPS) is 25.7. The van der Waals surface area contributed by atoms with Gasteiger partial charge < -0.3 is 14.9 Å². The maximum atomic E-state index is 11.3. The molecule has 2 rings (SSSR count). The molecule has 1 aliphatic rings. The zero-order valence-electron chi connectivity index (χ0n) is 9.50. The van der Waals surface area contributed by atoms with Crippen molar-refractivity contribution in [2.75, 3.05) is 13.2 Å². The number of hydrogen-bond acceptors (Lipinski definition) is 3. The van der Waals surface area contributed by atoms with Gasteiger partial charge in [0.2, 0.25) is 0 Å². The first-order valence-electron chi connectivity index (χ1n) is 5.68. The molecule has 0 bridgehead atoms. The highest BCUT2D eigenvalue weighted by molar-refractivity contribution is 5.75. The van der Waals surface area contributed by atoms with Crippen LogP contribution >= 0.6 is 0 Å². The SMILES string of the molecule is O=C(O)C1(CC(O)c2ccccc2)CCOC1. The van der Waals surface area contributed by atoms with Crippen molar-refractivity contribution in [2.45, 2.75) is 18.9 Å². The molecule has 92 valence electrons. The lowest BCUT2D eigenvalue weighted by Crippen LogP contribution is -2.33. The van der Waals surface area contributed by atoms with E-state index >= 15 is 0 Å². The highest BCUT2D eigenvalue weighted by atomic mass is 16.5. The number of rotatable bonds is 4. The van der Waals surface area contributed by atoms with Gasteiger partial charge in [-0.15, -0.1) is 0 Å².